The Kier molecular flexibility index (Phi) is 14.4. The zero-order valence-corrected chi connectivity index (χ0v) is 25.7. The summed E-state index contributed by atoms with van der Waals surface area (Å²) < 4.78 is 5.47. The van der Waals surface area contributed by atoms with Crippen LogP contribution in [0.15, 0.2) is 24.3 Å². The van der Waals surface area contributed by atoms with E-state index in [0.717, 1.165) is 25.7 Å². The van der Waals surface area contributed by atoms with Crippen LogP contribution < -0.4 is 10.6 Å². The lowest BCUT2D eigenvalue weighted by Gasteiger charge is -2.39. The molecule has 0 heterocycles. The summed E-state index contributed by atoms with van der Waals surface area (Å²) in [6.07, 6.45) is 4.17. The van der Waals surface area contributed by atoms with Crippen molar-refractivity contribution >= 4 is 17.9 Å². The SMILES string of the molecule is CCCCCNC(=O)C(c1ccc(O)cc1)N(C(=O)C(CC(C)C)NC(=O)OC(C)(C)C)C(C)CCC(C)C. The van der Waals surface area contributed by atoms with Crippen molar-refractivity contribution in [1.82, 2.24) is 15.5 Å². The molecule has 1 aromatic carbocycles. The highest BCUT2D eigenvalue weighted by molar-refractivity contribution is 5.92. The number of ether oxygens (including phenoxy) is 1. The van der Waals surface area contributed by atoms with Gasteiger partial charge in [-0.15, -0.1) is 0 Å². The standard InChI is InChI=1S/C31H53N3O5/c1-10-11-12-19-32-28(36)27(24-15-17-25(35)18-16-24)34(23(6)14-13-21(2)3)29(37)26(20-22(4)5)33-30(38)39-31(7,8)9/h15-18,21-23,26-27,35H,10-14,19-20H2,1-9H3,(H,32,36)(H,33,38). The van der Waals surface area contributed by atoms with Crippen LogP contribution in [-0.2, 0) is 14.3 Å². The van der Waals surface area contributed by atoms with Crippen LogP contribution in [0.4, 0.5) is 4.79 Å². The molecule has 0 spiro atoms. The molecular weight excluding hydrogens is 494 g/mol. The normalized spacial score (nSPS) is 14.0. The van der Waals surface area contributed by atoms with Crippen LogP contribution >= 0.6 is 0 Å². The molecule has 0 saturated heterocycles. The molecule has 39 heavy (non-hydrogen) atoms. The van der Waals surface area contributed by atoms with E-state index in [1.54, 1.807) is 37.8 Å². The van der Waals surface area contributed by atoms with Gasteiger partial charge in [0.05, 0.1) is 0 Å². The number of rotatable bonds is 15. The van der Waals surface area contributed by atoms with Crippen LogP contribution in [0.2, 0.25) is 0 Å². The van der Waals surface area contributed by atoms with E-state index < -0.39 is 23.8 Å². The van der Waals surface area contributed by atoms with E-state index in [0.29, 0.717) is 30.9 Å². The second kappa shape index (κ2) is 16.4. The van der Waals surface area contributed by atoms with E-state index in [4.69, 9.17) is 4.74 Å². The van der Waals surface area contributed by atoms with E-state index in [1.807, 2.05) is 20.8 Å². The predicted octanol–water partition coefficient (Wildman–Crippen LogP) is 6.33. The van der Waals surface area contributed by atoms with Gasteiger partial charge in [-0.3, -0.25) is 9.59 Å². The molecule has 1 aromatic rings. The van der Waals surface area contributed by atoms with Gasteiger partial charge in [-0.05, 0) is 82.9 Å². The Bertz CT molecular complexity index is 892. The Balaban J connectivity index is 3.54. The molecule has 3 unspecified atom stereocenters. The fraction of sp³-hybridized carbons (Fsp3) is 0.710. The van der Waals surface area contributed by atoms with Gasteiger partial charge in [0.2, 0.25) is 11.8 Å². The number of phenols is 1. The zero-order chi connectivity index (χ0) is 29.8. The second-order valence-electron chi connectivity index (χ2n) is 12.4. The molecule has 0 aromatic heterocycles. The lowest BCUT2D eigenvalue weighted by atomic mass is 9.95. The third-order valence-electron chi connectivity index (χ3n) is 6.40. The van der Waals surface area contributed by atoms with E-state index in [9.17, 15) is 19.5 Å². The quantitative estimate of drug-likeness (QED) is 0.222. The van der Waals surface area contributed by atoms with Crippen molar-refractivity contribution in [2.24, 2.45) is 11.8 Å². The summed E-state index contributed by atoms with van der Waals surface area (Å²) in [4.78, 5) is 42.5. The van der Waals surface area contributed by atoms with Gasteiger partial charge < -0.3 is 25.4 Å². The highest BCUT2D eigenvalue weighted by atomic mass is 16.6. The molecule has 8 nitrogen and oxygen atoms in total. The predicted molar refractivity (Wildman–Crippen MR) is 156 cm³/mol. The van der Waals surface area contributed by atoms with Crippen molar-refractivity contribution in [3.8, 4) is 5.75 Å². The van der Waals surface area contributed by atoms with E-state index in [2.05, 4.69) is 31.4 Å². The molecule has 0 aliphatic heterocycles. The lowest BCUT2D eigenvalue weighted by Crippen LogP contribution is -2.56. The monoisotopic (exact) mass is 547 g/mol. The molecule has 1 rings (SSSR count). The van der Waals surface area contributed by atoms with E-state index in [1.165, 1.54) is 12.1 Å². The number of nitrogens with one attached hydrogen (secondary N) is 2. The first kappa shape index (κ1) is 34.3. The number of hydrogen-bond acceptors (Lipinski definition) is 5. The third-order valence-corrected chi connectivity index (χ3v) is 6.40. The van der Waals surface area contributed by atoms with Crippen molar-refractivity contribution < 1.29 is 24.2 Å². The first-order valence-electron chi connectivity index (χ1n) is 14.5. The summed E-state index contributed by atoms with van der Waals surface area (Å²) >= 11 is 0. The van der Waals surface area contributed by atoms with E-state index in [-0.39, 0.29) is 29.5 Å². The number of hydrogen-bond donors (Lipinski definition) is 3. The number of alkyl carbamates (subject to hydrolysis) is 1. The smallest absolute Gasteiger partial charge is 0.408 e. The molecule has 0 radical (unpaired) electrons. The summed E-state index contributed by atoms with van der Waals surface area (Å²) in [5.41, 5.74) is -0.113. The van der Waals surface area contributed by atoms with Gasteiger partial charge in [-0.25, -0.2) is 4.79 Å². The third kappa shape index (κ3) is 12.8. The number of aromatic hydroxyl groups is 1. The highest BCUT2D eigenvalue weighted by Crippen LogP contribution is 2.29. The van der Waals surface area contributed by atoms with Crippen LogP contribution in [-0.4, -0.2) is 52.1 Å². The largest absolute Gasteiger partial charge is 0.508 e. The topological polar surface area (TPSA) is 108 Å². The van der Waals surface area contributed by atoms with Gasteiger partial charge in [0.15, 0.2) is 0 Å². The van der Waals surface area contributed by atoms with Crippen LogP contribution in [0.1, 0.15) is 112 Å². The number of phenolic OH excluding ortho intramolecular Hbond substituents is 1. The van der Waals surface area contributed by atoms with Gasteiger partial charge in [0.1, 0.15) is 23.4 Å². The fourth-order valence-electron chi connectivity index (χ4n) is 4.41. The summed E-state index contributed by atoms with van der Waals surface area (Å²) in [5.74, 6) is 0.00742. The molecular formula is C31H53N3O5. The molecule has 222 valence electrons. The van der Waals surface area contributed by atoms with Crippen molar-refractivity contribution in [3.05, 3.63) is 29.8 Å². The van der Waals surface area contributed by atoms with Gasteiger partial charge >= 0.3 is 6.09 Å². The number of nitrogens with zero attached hydrogens (tertiary/aromatic N) is 1. The number of amides is 3. The molecule has 0 saturated carbocycles. The van der Waals surface area contributed by atoms with Crippen molar-refractivity contribution in [2.75, 3.05) is 6.54 Å². The number of carbonyl (C=O) groups excluding carboxylic acids is 3. The maximum Gasteiger partial charge on any atom is 0.408 e. The molecule has 8 heteroatoms. The van der Waals surface area contributed by atoms with Gasteiger partial charge in [-0.2, -0.15) is 0 Å². The van der Waals surface area contributed by atoms with Crippen molar-refractivity contribution in [2.45, 2.75) is 125 Å². The summed E-state index contributed by atoms with van der Waals surface area (Å²) in [6.45, 7) is 18.1. The lowest BCUT2D eigenvalue weighted by molar-refractivity contribution is -0.145. The Morgan fingerprint density at radius 1 is 0.949 bits per heavy atom. The average molecular weight is 548 g/mol. The average Bonchev–Trinajstić information content (AvgIpc) is 2.82. The van der Waals surface area contributed by atoms with Crippen LogP contribution in [0, 0.1) is 11.8 Å². The summed E-state index contributed by atoms with van der Waals surface area (Å²) in [7, 11) is 0. The first-order chi connectivity index (χ1) is 18.2. The van der Waals surface area contributed by atoms with Gasteiger partial charge in [0.25, 0.3) is 0 Å². The minimum Gasteiger partial charge on any atom is -0.508 e. The maximum atomic E-state index is 14.4. The van der Waals surface area contributed by atoms with E-state index >= 15 is 0 Å². The van der Waals surface area contributed by atoms with Crippen LogP contribution in [0.25, 0.3) is 0 Å². The molecule has 0 fully saturated rings. The number of benzene rings is 1. The molecule has 0 bridgehead atoms. The van der Waals surface area contributed by atoms with Crippen molar-refractivity contribution in [3.63, 3.8) is 0 Å². The maximum absolute atomic E-state index is 14.4. The molecule has 3 atom stereocenters. The minimum absolute atomic E-state index is 0.0795. The van der Waals surface area contributed by atoms with Gasteiger partial charge in [0, 0.05) is 12.6 Å². The Morgan fingerprint density at radius 2 is 1.56 bits per heavy atom. The van der Waals surface area contributed by atoms with Crippen molar-refractivity contribution in [1.29, 1.82) is 0 Å². The Labute approximate surface area is 236 Å². The molecule has 3 amide bonds. The number of carbonyl (C=O) groups is 3. The fourth-order valence-corrected chi connectivity index (χ4v) is 4.41. The molecule has 0 aliphatic rings. The van der Waals surface area contributed by atoms with Crippen LogP contribution in [0.5, 0.6) is 5.75 Å². The first-order valence-corrected chi connectivity index (χ1v) is 14.5. The zero-order valence-electron chi connectivity index (χ0n) is 25.7. The summed E-state index contributed by atoms with van der Waals surface area (Å²) in [6, 6.07) is 4.35. The molecule has 3 N–H and O–H groups in total. The van der Waals surface area contributed by atoms with Crippen LogP contribution in [0.3, 0.4) is 0 Å². The Hall–Kier alpha value is -2.77. The summed E-state index contributed by atoms with van der Waals surface area (Å²) in [5, 5.41) is 15.7. The highest BCUT2D eigenvalue weighted by Gasteiger charge is 2.39. The second-order valence-corrected chi connectivity index (χ2v) is 12.4. The number of unbranched alkanes of at least 4 members (excludes halogenated alkanes) is 2. The Morgan fingerprint density at radius 3 is 2.08 bits per heavy atom. The van der Waals surface area contributed by atoms with Gasteiger partial charge in [-0.1, -0.05) is 59.6 Å². The molecule has 0 aliphatic carbocycles. The minimum atomic E-state index is -0.919.